The van der Waals surface area contributed by atoms with E-state index in [9.17, 15) is 32.3 Å². The first-order valence-electron chi connectivity index (χ1n) is 7.90. The average Bonchev–Trinajstić information content (AvgIpc) is 2.66. The predicted molar refractivity (Wildman–Crippen MR) is 91.3 cm³/mol. The Hall–Kier alpha value is -3.77. The van der Waals surface area contributed by atoms with Crippen LogP contribution in [0.25, 0.3) is 5.69 Å². The molecule has 29 heavy (non-hydrogen) atoms. The van der Waals surface area contributed by atoms with Crippen molar-refractivity contribution >= 4 is 17.6 Å². The molecule has 10 nitrogen and oxygen atoms in total. The molecule has 0 saturated carbocycles. The van der Waals surface area contributed by atoms with Crippen molar-refractivity contribution in [1.29, 1.82) is 0 Å². The molecule has 154 valence electrons. The van der Waals surface area contributed by atoms with Crippen molar-refractivity contribution in [3.8, 4) is 11.4 Å². The third kappa shape index (κ3) is 3.53. The average molecular weight is 414 g/mol. The summed E-state index contributed by atoms with van der Waals surface area (Å²) >= 11 is 0. The van der Waals surface area contributed by atoms with Crippen LogP contribution in [0, 0.1) is 0 Å². The Morgan fingerprint density at radius 3 is 2.55 bits per heavy atom. The zero-order valence-electron chi connectivity index (χ0n) is 14.7. The number of anilines is 1. The Bertz CT molecular complexity index is 1120. The molecule has 3 rings (SSSR count). The molecule has 1 aliphatic rings. The topological polar surface area (TPSA) is 126 Å². The lowest BCUT2D eigenvalue weighted by Gasteiger charge is -2.29. The van der Waals surface area contributed by atoms with Crippen molar-refractivity contribution in [3.05, 3.63) is 50.8 Å². The second kappa shape index (κ2) is 7.00. The smallest absolute Gasteiger partial charge is 0.433 e. The number of benzene rings is 1. The normalized spacial score (nSPS) is 13.7. The van der Waals surface area contributed by atoms with Gasteiger partial charge in [-0.1, -0.05) is 0 Å². The molecular formula is C16H13F3N4O6. The number of fused-ring (bicyclic) bond motifs is 1. The maximum absolute atomic E-state index is 12.9. The second-order valence-corrected chi connectivity index (χ2v) is 5.85. The number of nitrogens with zero attached hydrogens (tertiary/aromatic N) is 3. The number of nitrogen functional groups attached to an aromatic ring is 1. The third-order valence-electron chi connectivity index (χ3n) is 4.09. The number of methoxy groups -OCH3 is 1. The molecule has 2 aromatic rings. The molecule has 0 unspecified atom stereocenters. The summed E-state index contributed by atoms with van der Waals surface area (Å²) in [6.07, 6.45) is -5.01. The van der Waals surface area contributed by atoms with Crippen molar-refractivity contribution in [2.75, 3.05) is 31.0 Å². The Morgan fingerprint density at radius 2 is 1.93 bits per heavy atom. The lowest BCUT2D eigenvalue weighted by molar-refractivity contribution is -0.143. The molecule has 1 amide bonds. The van der Waals surface area contributed by atoms with Gasteiger partial charge in [0.1, 0.15) is 12.3 Å². The van der Waals surface area contributed by atoms with Crippen molar-refractivity contribution in [2.45, 2.75) is 6.18 Å². The van der Waals surface area contributed by atoms with Gasteiger partial charge in [-0.15, -0.1) is 0 Å². The minimum Gasteiger partial charge on any atom is -0.482 e. The van der Waals surface area contributed by atoms with E-state index in [0.29, 0.717) is 4.57 Å². The quantitative estimate of drug-likeness (QED) is 0.537. The van der Waals surface area contributed by atoms with E-state index in [1.165, 1.54) is 12.1 Å². The number of carbonyl (C=O) groups excluding carboxylic acids is 2. The van der Waals surface area contributed by atoms with Gasteiger partial charge >= 0.3 is 17.8 Å². The molecule has 2 N–H and O–H groups in total. The van der Waals surface area contributed by atoms with Gasteiger partial charge in [0.05, 0.1) is 18.5 Å². The molecule has 0 radical (unpaired) electrons. The molecule has 0 aliphatic carbocycles. The zero-order chi connectivity index (χ0) is 21.5. The van der Waals surface area contributed by atoms with Gasteiger partial charge < -0.3 is 15.3 Å². The van der Waals surface area contributed by atoms with Crippen LogP contribution in [0.15, 0.2) is 33.9 Å². The monoisotopic (exact) mass is 414 g/mol. The Kier molecular flexibility index (Phi) is 4.82. The van der Waals surface area contributed by atoms with E-state index in [0.717, 1.165) is 18.1 Å². The van der Waals surface area contributed by atoms with Crippen LogP contribution in [0.4, 0.5) is 18.9 Å². The van der Waals surface area contributed by atoms with Gasteiger partial charge in [0.2, 0.25) is 0 Å². The number of hydrogen-bond donors (Lipinski definition) is 1. The minimum absolute atomic E-state index is 0.0268. The first-order valence-corrected chi connectivity index (χ1v) is 7.90. The summed E-state index contributed by atoms with van der Waals surface area (Å²) in [6.45, 7) is -0.836. The van der Waals surface area contributed by atoms with E-state index in [-0.39, 0.29) is 34.5 Å². The van der Waals surface area contributed by atoms with E-state index in [2.05, 4.69) is 4.74 Å². The number of amides is 1. The maximum Gasteiger partial charge on any atom is 0.433 e. The molecule has 1 aliphatic heterocycles. The number of rotatable bonds is 3. The highest BCUT2D eigenvalue weighted by molar-refractivity contribution is 6.01. The molecule has 0 bridgehead atoms. The van der Waals surface area contributed by atoms with Crippen LogP contribution in [-0.4, -0.2) is 41.4 Å². The summed E-state index contributed by atoms with van der Waals surface area (Å²) in [5.41, 5.74) is -4.51. The van der Waals surface area contributed by atoms with Gasteiger partial charge in [0, 0.05) is 6.07 Å². The summed E-state index contributed by atoms with van der Waals surface area (Å²) in [4.78, 5) is 49.2. The zero-order valence-corrected chi connectivity index (χ0v) is 14.7. The number of ether oxygens (including phenoxy) is 2. The van der Waals surface area contributed by atoms with Crippen LogP contribution in [0.5, 0.6) is 5.75 Å². The Balaban J connectivity index is 2.17. The van der Waals surface area contributed by atoms with E-state index in [4.69, 9.17) is 10.6 Å². The Labute approximate surface area is 159 Å². The van der Waals surface area contributed by atoms with Gasteiger partial charge in [0.15, 0.2) is 12.3 Å². The molecule has 0 saturated heterocycles. The largest absolute Gasteiger partial charge is 0.482 e. The van der Waals surface area contributed by atoms with Crippen molar-refractivity contribution in [2.24, 2.45) is 0 Å². The van der Waals surface area contributed by atoms with Crippen LogP contribution < -0.4 is 26.7 Å². The number of nitrogens with two attached hydrogens (primary N) is 1. The van der Waals surface area contributed by atoms with Gasteiger partial charge in [-0.05, 0) is 18.2 Å². The molecule has 2 heterocycles. The first-order chi connectivity index (χ1) is 13.5. The second-order valence-electron chi connectivity index (χ2n) is 5.85. The summed E-state index contributed by atoms with van der Waals surface area (Å²) in [7, 11) is 1.12. The van der Waals surface area contributed by atoms with Crippen LogP contribution >= 0.6 is 0 Å². The fourth-order valence-corrected chi connectivity index (χ4v) is 2.71. The van der Waals surface area contributed by atoms with Crippen LogP contribution in [0.1, 0.15) is 5.69 Å². The van der Waals surface area contributed by atoms with Gasteiger partial charge in [0.25, 0.3) is 11.5 Å². The molecule has 0 atom stereocenters. The van der Waals surface area contributed by atoms with Crippen LogP contribution in [0.2, 0.25) is 0 Å². The Morgan fingerprint density at radius 1 is 1.24 bits per heavy atom. The lowest BCUT2D eigenvalue weighted by atomic mass is 10.2. The number of alkyl halides is 3. The molecule has 0 spiro atoms. The number of aromatic nitrogens is 2. The number of esters is 1. The molecule has 1 aromatic heterocycles. The number of carbonyl (C=O) groups is 2. The van der Waals surface area contributed by atoms with E-state index in [1.54, 1.807) is 0 Å². The molecule has 1 aromatic carbocycles. The highest BCUT2D eigenvalue weighted by atomic mass is 19.4. The minimum atomic E-state index is -5.01. The number of halogens is 3. The van der Waals surface area contributed by atoms with Gasteiger partial charge in [-0.25, -0.2) is 14.0 Å². The van der Waals surface area contributed by atoms with E-state index < -0.39 is 41.5 Å². The molecular weight excluding hydrogens is 401 g/mol. The van der Waals surface area contributed by atoms with E-state index in [1.807, 2.05) is 0 Å². The lowest BCUT2D eigenvalue weighted by Crippen LogP contribution is -2.45. The van der Waals surface area contributed by atoms with Crippen molar-refractivity contribution in [3.63, 3.8) is 0 Å². The number of hydrogen-bond acceptors (Lipinski definition) is 7. The van der Waals surface area contributed by atoms with Gasteiger partial charge in [-0.3, -0.25) is 19.3 Å². The summed E-state index contributed by atoms with van der Waals surface area (Å²) in [5.74, 6) is 4.03. The van der Waals surface area contributed by atoms with Crippen LogP contribution in [-0.2, 0) is 20.5 Å². The third-order valence-corrected chi connectivity index (χ3v) is 4.09. The summed E-state index contributed by atoms with van der Waals surface area (Å²) in [5, 5.41) is 0. The standard InChI is InChI=1S/C16H13F3N4O6/c1-28-14(26)6-21-9-4-8(2-3-10(9)29-7-13(21)25)22-12(24)5-11(16(17,18)19)23(20)15(22)27/h2-5H,6-7,20H2,1H3. The fourth-order valence-electron chi connectivity index (χ4n) is 2.71. The highest BCUT2D eigenvalue weighted by Crippen LogP contribution is 2.33. The van der Waals surface area contributed by atoms with Gasteiger partial charge in [-0.2, -0.15) is 13.2 Å². The SMILES string of the molecule is COC(=O)CN1C(=O)COc2ccc(-n3c(=O)cc(C(F)(F)F)n(N)c3=O)cc21. The summed E-state index contributed by atoms with van der Waals surface area (Å²) < 4.78 is 48.7. The highest BCUT2D eigenvalue weighted by Gasteiger charge is 2.36. The van der Waals surface area contributed by atoms with Crippen molar-refractivity contribution < 1.29 is 32.2 Å². The maximum atomic E-state index is 12.9. The van der Waals surface area contributed by atoms with Crippen molar-refractivity contribution in [1.82, 2.24) is 9.24 Å². The molecule has 13 heteroatoms. The summed E-state index contributed by atoms with van der Waals surface area (Å²) in [6, 6.07) is 3.84. The van der Waals surface area contributed by atoms with E-state index >= 15 is 0 Å². The first kappa shape index (κ1) is 20.0. The predicted octanol–water partition coefficient (Wildman–Crippen LogP) is -0.370. The molecule has 0 fully saturated rings. The van der Waals surface area contributed by atoms with Crippen LogP contribution in [0.3, 0.4) is 0 Å². The fraction of sp³-hybridized carbons (Fsp3) is 0.250.